The van der Waals surface area contributed by atoms with E-state index >= 15 is 0 Å². The van der Waals surface area contributed by atoms with E-state index in [0.29, 0.717) is 11.4 Å². The third-order valence-corrected chi connectivity index (χ3v) is 7.39. The number of carbonyl (C=O) groups is 1. The summed E-state index contributed by atoms with van der Waals surface area (Å²) in [6, 6.07) is 15.5. The fraction of sp³-hybridized carbons (Fsp3) is 0.296. The number of benzene rings is 3. The van der Waals surface area contributed by atoms with Crippen LogP contribution >= 0.6 is 0 Å². The first-order valence-corrected chi connectivity index (χ1v) is 12.6. The molecule has 0 fully saturated rings. The molecule has 0 aliphatic rings. The zero-order valence-electron chi connectivity index (χ0n) is 20.5. The lowest BCUT2D eigenvalue weighted by Gasteiger charge is -2.18. The fourth-order valence-electron chi connectivity index (χ4n) is 3.69. The van der Waals surface area contributed by atoms with Crippen LogP contribution < -0.4 is 14.8 Å². The summed E-state index contributed by atoms with van der Waals surface area (Å²) in [7, 11) is -3.73. The molecule has 0 aliphatic heterocycles. The number of carbonyl (C=O) groups excluding carboxylic acids is 1. The van der Waals surface area contributed by atoms with Gasteiger partial charge in [0.1, 0.15) is 5.75 Å². The van der Waals surface area contributed by atoms with E-state index in [1.165, 1.54) is 23.3 Å². The van der Waals surface area contributed by atoms with Gasteiger partial charge in [-0.25, -0.2) is 8.42 Å². The Balaban J connectivity index is 1.58. The summed E-state index contributed by atoms with van der Waals surface area (Å²) in [6.45, 7) is 11.8. The van der Waals surface area contributed by atoms with E-state index in [2.05, 4.69) is 36.0 Å². The Labute approximate surface area is 202 Å². The lowest BCUT2D eigenvalue weighted by atomic mass is 9.96. The number of hydrogen-bond acceptors (Lipinski definition) is 4. The van der Waals surface area contributed by atoms with Gasteiger partial charge < -0.3 is 10.1 Å². The predicted octanol–water partition coefficient (Wildman–Crippen LogP) is 5.29. The van der Waals surface area contributed by atoms with Crippen molar-refractivity contribution in [1.29, 1.82) is 0 Å². The number of hydrogen-bond donors (Lipinski definition) is 2. The minimum Gasteiger partial charge on any atom is -0.484 e. The molecule has 3 aromatic carbocycles. The molecule has 0 saturated carbocycles. The van der Waals surface area contributed by atoms with Gasteiger partial charge in [-0.15, -0.1) is 0 Å². The van der Waals surface area contributed by atoms with Crippen LogP contribution in [0.15, 0.2) is 59.5 Å². The SMILES string of the molecule is Cc1ccc(NS(=O)(=O)c2ccc(OCC(=O)N[C@H](C)c3cc(C)c(C)cc3C)cc2)cc1C. The summed E-state index contributed by atoms with van der Waals surface area (Å²) in [5.74, 6) is 0.161. The number of amides is 1. The van der Waals surface area contributed by atoms with Gasteiger partial charge in [-0.05, 0) is 111 Å². The van der Waals surface area contributed by atoms with Crippen molar-refractivity contribution in [3.05, 3.63) is 88.0 Å². The molecule has 0 spiro atoms. The van der Waals surface area contributed by atoms with Crippen molar-refractivity contribution >= 4 is 21.6 Å². The van der Waals surface area contributed by atoms with Gasteiger partial charge in [0, 0.05) is 5.69 Å². The molecule has 0 heterocycles. The Morgan fingerprint density at radius 1 is 0.824 bits per heavy atom. The zero-order chi connectivity index (χ0) is 25.0. The van der Waals surface area contributed by atoms with Gasteiger partial charge in [-0.2, -0.15) is 0 Å². The van der Waals surface area contributed by atoms with Crippen molar-refractivity contribution in [3.63, 3.8) is 0 Å². The Kier molecular flexibility index (Phi) is 7.67. The number of anilines is 1. The molecule has 34 heavy (non-hydrogen) atoms. The van der Waals surface area contributed by atoms with E-state index < -0.39 is 10.0 Å². The van der Waals surface area contributed by atoms with Gasteiger partial charge >= 0.3 is 0 Å². The molecular weight excluding hydrogens is 448 g/mol. The Hall–Kier alpha value is -3.32. The Morgan fingerprint density at radius 2 is 1.44 bits per heavy atom. The molecule has 0 bridgehead atoms. The summed E-state index contributed by atoms with van der Waals surface area (Å²) >= 11 is 0. The van der Waals surface area contributed by atoms with Crippen molar-refractivity contribution in [2.24, 2.45) is 0 Å². The van der Waals surface area contributed by atoms with E-state index in [1.54, 1.807) is 24.3 Å². The molecular formula is C27H32N2O4S. The summed E-state index contributed by atoms with van der Waals surface area (Å²) in [5, 5.41) is 2.96. The van der Waals surface area contributed by atoms with Crippen LogP contribution in [-0.2, 0) is 14.8 Å². The molecule has 0 aliphatic carbocycles. The van der Waals surface area contributed by atoms with Crippen molar-refractivity contribution in [2.75, 3.05) is 11.3 Å². The monoisotopic (exact) mass is 480 g/mol. The first-order valence-electron chi connectivity index (χ1n) is 11.2. The third kappa shape index (κ3) is 6.17. The third-order valence-electron chi connectivity index (χ3n) is 5.99. The standard InChI is InChI=1S/C27H32N2O4S/c1-17-7-8-23(14-19(17)3)29-34(31,32)25-11-9-24(10-12-25)33-16-27(30)28-22(6)26-15-20(4)18(2)13-21(26)5/h7-15,22,29H,16H2,1-6H3,(H,28,30)/t22-/m1/s1. The van der Waals surface area contributed by atoms with Gasteiger partial charge in [-0.1, -0.05) is 18.2 Å². The summed E-state index contributed by atoms with van der Waals surface area (Å²) in [5.41, 5.74) is 7.20. The largest absolute Gasteiger partial charge is 0.484 e. The maximum Gasteiger partial charge on any atom is 0.261 e. The molecule has 0 radical (unpaired) electrons. The second kappa shape index (κ2) is 10.3. The Morgan fingerprint density at radius 3 is 2.09 bits per heavy atom. The second-order valence-electron chi connectivity index (χ2n) is 8.75. The average molecular weight is 481 g/mol. The van der Waals surface area contributed by atoms with Gasteiger partial charge in [0.05, 0.1) is 10.9 Å². The van der Waals surface area contributed by atoms with Crippen LogP contribution in [-0.4, -0.2) is 20.9 Å². The maximum atomic E-state index is 12.7. The molecule has 1 amide bonds. The van der Waals surface area contributed by atoms with Crippen molar-refractivity contribution in [1.82, 2.24) is 5.32 Å². The Bertz CT molecular complexity index is 1300. The topological polar surface area (TPSA) is 84.5 Å². The number of rotatable bonds is 8. The highest BCUT2D eigenvalue weighted by molar-refractivity contribution is 7.92. The van der Waals surface area contributed by atoms with Gasteiger partial charge in [0.15, 0.2) is 6.61 Å². The number of sulfonamides is 1. The molecule has 0 aromatic heterocycles. The van der Waals surface area contributed by atoms with Crippen LogP contribution in [0.25, 0.3) is 0 Å². The van der Waals surface area contributed by atoms with Gasteiger partial charge in [-0.3, -0.25) is 9.52 Å². The highest BCUT2D eigenvalue weighted by atomic mass is 32.2. The van der Waals surface area contributed by atoms with Crippen LogP contribution in [0.2, 0.25) is 0 Å². The molecule has 1 atom stereocenters. The van der Waals surface area contributed by atoms with E-state index in [1.807, 2.05) is 33.8 Å². The van der Waals surface area contributed by atoms with E-state index in [9.17, 15) is 13.2 Å². The van der Waals surface area contributed by atoms with E-state index in [-0.39, 0.29) is 23.5 Å². The molecule has 6 nitrogen and oxygen atoms in total. The maximum absolute atomic E-state index is 12.7. The minimum absolute atomic E-state index is 0.112. The molecule has 7 heteroatoms. The van der Waals surface area contributed by atoms with E-state index in [0.717, 1.165) is 22.3 Å². The van der Waals surface area contributed by atoms with Crippen LogP contribution in [0.3, 0.4) is 0 Å². The normalized spacial score (nSPS) is 12.2. The molecule has 180 valence electrons. The summed E-state index contributed by atoms with van der Waals surface area (Å²) in [6.07, 6.45) is 0. The van der Waals surface area contributed by atoms with E-state index in [4.69, 9.17) is 4.74 Å². The first-order chi connectivity index (χ1) is 16.0. The number of ether oxygens (including phenoxy) is 1. The van der Waals surface area contributed by atoms with Crippen molar-refractivity contribution in [2.45, 2.75) is 52.5 Å². The molecule has 3 aromatic rings. The van der Waals surface area contributed by atoms with Crippen molar-refractivity contribution < 1.29 is 17.9 Å². The lowest BCUT2D eigenvalue weighted by molar-refractivity contribution is -0.123. The lowest BCUT2D eigenvalue weighted by Crippen LogP contribution is -2.31. The molecule has 3 rings (SSSR count). The highest BCUT2D eigenvalue weighted by Gasteiger charge is 2.16. The van der Waals surface area contributed by atoms with Gasteiger partial charge in [0.25, 0.3) is 15.9 Å². The van der Waals surface area contributed by atoms with Crippen LogP contribution in [0, 0.1) is 34.6 Å². The highest BCUT2D eigenvalue weighted by Crippen LogP contribution is 2.23. The molecule has 0 saturated heterocycles. The minimum atomic E-state index is -3.73. The van der Waals surface area contributed by atoms with Crippen molar-refractivity contribution in [3.8, 4) is 5.75 Å². The fourth-order valence-corrected chi connectivity index (χ4v) is 4.74. The summed E-state index contributed by atoms with van der Waals surface area (Å²) < 4.78 is 33.5. The smallest absolute Gasteiger partial charge is 0.261 e. The first kappa shape index (κ1) is 25.3. The van der Waals surface area contributed by atoms with Crippen LogP contribution in [0.4, 0.5) is 5.69 Å². The summed E-state index contributed by atoms with van der Waals surface area (Å²) in [4.78, 5) is 12.5. The second-order valence-corrected chi connectivity index (χ2v) is 10.4. The molecule has 2 N–H and O–H groups in total. The quantitative estimate of drug-likeness (QED) is 0.459. The zero-order valence-corrected chi connectivity index (χ0v) is 21.3. The van der Waals surface area contributed by atoms with Crippen LogP contribution in [0.5, 0.6) is 5.75 Å². The molecule has 0 unspecified atom stereocenters. The average Bonchev–Trinajstić information content (AvgIpc) is 2.77. The van der Waals surface area contributed by atoms with Gasteiger partial charge in [0.2, 0.25) is 0 Å². The van der Waals surface area contributed by atoms with Crippen LogP contribution in [0.1, 0.15) is 46.3 Å². The number of aryl methyl sites for hydroxylation is 5. The predicted molar refractivity (Wildman–Crippen MR) is 136 cm³/mol. The number of nitrogens with one attached hydrogen (secondary N) is 2.